The number of hydrogen-bond acceptors (Lipinski definition) is 19. The number of halogens is 4. The van der Waals surface area contributed by atoms with Gasteiger partial charge in [0.05, 0.1) is 47.1 Å². The fraction of sp³-hybridized carbons (Fsp3) is 0.286. The van der Waals surface area contributed by atoms with E-state index in [1.165, 1.54) is 83.5 Å². The molecular formula is C84H84Br4N12O17. The van der Waals surface area contributed by atoms with Gasteiger partial charge < -0.3 is 35.1 Å². The summed E-state index contributed by atoms with van der Waals surface area (Å²) in [5.74, 6) is 0.205. The van der Waals surface area contributed by atoms with Gasteiger partial charge in [0.15, 0.2) is 5.92 Å². The third kappa shape index (κ3) is 19.2. The minimum atomic E-state index is -0.815. The molecule has 610 valence electrons. The zero-order valence-corrected chi connectivity index (χ0v) is 71.5. The summed E-state index contributed by atoms with van der Waals surface area (Å²) in [7, 11) is 6.42. The summed E-state index contributed by atoms with van der Waals surface area (Å²) in [4.78, 5) is 149. The number of aryl methyl sites for hydroxylation is 2. The largest absolute Gasteiger partial charge is 0.506 e. The quantitative estimate of drug-likeness (QED) is 0.0515. The molecule has 4 aliphatic rings. The Hall–Kier alpha value is -11.7. The average Bonchev–Trinajstić information content (AvgIpc) is 1.62. The number of ether oxygens (including phenoxy) is 3. The molecule has 29 nitrogen and oxygen atoms in total. The van der Waals surface area contributed by atoms with Gasteiger partial charge in [-0.2, -0.15) is 0 Å². The summed E-state index contributed by atoms with van der Waals surface area (Å²) in [6.45, 7) is 8.34. The van der Waals surface area contributed by atoms with E-state index in [1.54, 1.807) is 93.2 Å². The molecule has 0 aliphatic heterocycles. The number of aromatic nitrogens is 10. The molecule has 4 saturated carbocycles. The number of pyridine rings is 2. The molecule has 4 N–H and O–H groups in total. The fourth-order valence-corrected chi connectivity index (χ4v) is 13.8. The maximum atomic E-state index is 13.1. The summed E-state index contributed by atoms with van der Waals surface area (Å²) < 4.78 is 31.6. The number of nitrogens with one attached hydrogen (secondary N) is 2. The number of hydrogen-bond donors (Lipinski definition) is 4. The summed E-state index contributed by atoms with van der Waals surface area (Å²) >= 11 is 13.4. The van der Waals surface area contributed by atoms with Gasteiger partial charge in [-0.25, -0.2) is 37.4 Å². The maximum absolute atomic E-state index is 13.1. The molecule has 117 heavy (non-hydrogen) atoms. The number of nitrogens with zero attached hydrogens (tertiary/aromatic N) is 10. The Bertz CT molecular complexity index is 6310. The van der Waals surface area contributed by atoms with E-state index in [1.807, 2.05) is 97.1 Å². The summed E-state index contributed by atoms with van der Waals surface area (Å²) in [6, 6.07) is 50.8. The van der Waals surface area contributed by atoms with Crippen LogP contribution in [0.2, 0.25) is 0 Å². The monoisotopic (exact) mass is 1850 g/mol. The van der Waals surface area contributed by atoms with Crippen LogP contribution < -0.4 is 71.5 Å². The van der Waals surface area contributed by atoms with Gasteiger partial charge in [0.25, 0.3) is 33.4 Å². The molecule has 4 aliphatic carbocycles. The average molecular weight is 1850 g/mol. The lowest BCUT2D eigenvalue weighted by atomic mass is 10.2. The number of fused-ring (bicyclic) bond motifs is 2. The molecular weight excluding hydrogens is 1770 g/mol. The molecule has 6 aromatic carbocycles. The van der Waals surface area contributed by atoms with E-state index < -0.39 is 51.5 Å². The SMILES string of the molecule is CCOC(=O)C(C)C(=O)OCC.CNc1cc(=O)n(-c2ccc(Br)cc2)c(=O)n1C1CC1.CNc1cc(=O)n(C2CC2)c(=O)n1-c1ccc(Br)cc1.Cc1c(O)c2c(=O)n(-c3ccc(Br)cc3)c(=O)n(C3CC3)c2n(C)c1=O.Cc1c(O)c2c(=O)n(C3CC3)c(=O)n(-c3ccc(Br)cc3)c2n(C)c1=O.c1ccc(Oc2ccccc2)cc1. The van der Waals surface area contributed by atoms with Crippen molar-refractivity contribution in [3.63, 3.8) is 0 Å². The van der Waals surface area contributed by atoms with Crippen LogP contribution in [0.15, 0.2) is 236 Å². The molecule has 0 saturated heterocycles. The molecule has 0 spiro atoms. The highest BCUT2D eigenvalue weighted by Crippen LogP contribution is 2.38. The molecule has 0 amide bonds. The van der Waals surface area contributed by atoms with Crippen molar-refractivity contribution in [2.75, 3.05) is 37.9 Å². The number of esters is 2. The Morgan fingerprint density at radius 1 is 0.410 bits per heavy atom. The van der Waals surface area contributed by atoms with E-state index in [0.717, 1.165) is 91.0 Å². The van der Waals surface area contributed by atoms with Crippen molar-refractivity contribution in [3.8, 4) is 45.7 Å². The van der Waals surface area contributed by atoms with Crippen molar-refractivity contribution in [2.45, 2.75) is 110 Å². The van der Waals surface area contributed by atoms with E-state index >= 15 is 0 Å². The first-order valence-corrected chi connectivity index (χ1v) is 40.6. The van der Waals surface area contributed by atoms with Gasteiger partial charge in [0.1, 0.15) is 56.7 Å². The lowest BCUT2D eigenvalue weighted by molar-refractivity contribution is -0.160. The van der Waals surface area contributed by atoms with Crippen LogP contribution in [0.5, 0.6) is 23.0 Å². The highest BCUT2D eigenvalue weighted by atomic mass is 79.9. The van der Waals surface area contributed by atoms with Crippen molar-refractivity contribution in [1.29, 1.82) is 0 Å². The second-order valence-electron chi connectivity index (χ2n) is 27.7. The van der Waals surface area contributed by atoms with Crippen LogP contribution >= 0.6 is 63.7 Å². The molecule has 0 atom stereocenters. The van der Waals surface area contributed by atoms with Gasteiger partial charge in [-0.05, 0) is 207 Å². The third-order valence-corrected chi connectivity index (χ3v) is 21.5. The second kappa shape index (κ2) is 37.5. The van der Waals surface area contributed by atoms with Gasteiger partial charge in [-0.1, -0.05) is 100 Å². The molecule has 6 heterocycles. The van der Waals surface area contributed by atoms with Gasteiger partial charge in [0.2, 0.25) is 0 Å². The molecule has 4 fully saturated rings. The normalized spacial score (nSPS) is 13.2. The van der Waals surface area contributed by atoms with Crippen molar-refractivity contribution < 1.29 is 34.0 Å². The molecule has 16 rings (SSSR count). The van der Waals surface area contributed by atoms with Crippen LogP contribution in [-0.2, 0) is 33.2 Å². The smallest absolute Gasteiger partial charge is 0.337 e. The van der Waals surface area contributed by atoms with E-state index in [-0.39, 0.29) is 105 Å². The highest BCUT2D eigenvalue weighted by Gasteiger charge is 2.35. The van der Waals surface area contributed by atoms with Crippen LogP contribution in [0.3, 0.4) is 0 Å². The predicted molar refractivity (Wildman–Crippen MR) is 462 cm³/mol. The first kappa shape index (κ1) is 86.2. The van der Waals surface area contributed by atoms with E-state index in [4.69, 9.17) is 4.74 Å². The first-order chi connectivity index (χ1) is 56.0. The number of anilines is 2. The number of carbonyl (C=O) groups is 2. The number of benzene rings is 6. The lowest BCUT2D eigenvalue weighted by Crippen LogP contribution is -2.41. The van der Waals surface area contributed by atoms with Crippen LogP contribution in [0.1, 0.15) is 107 Å². The summed E-state index contributed by atoms with van der Waals surface area (Å²) in [5.41, 5.74) is -1.56. The van der Waals surface area contributed by atoms with E-state index in [0.29, 0.717) is 28.7 Å². The van der Waals surface area contributed by atoms with Crippen LogP contribution in [0.4, 0.5) is 11.6 Å². The van der Waals surface area contributed by atoms with Crippen molar-refractivity contribution >= 4 is 109 Å². The first-order valence-electron chi connectivity index (χ1n) is 37.4. The molecule has 0 bridgehead atoms. The Balaban J connectivity index is 0.000000141. The lowest BCUT2D eigenvalue weighted by Gasteiger charge is -2.17. The van der Waals surface area contributed by atoms with Crippen LogP contribution in [0.25, 0.3) is 44.8 Å². The molecule has 12 aromatic rings. The Morgan fingerprint density at radius 2 is 0.744 bits per heavy atom. The van der Waals surface area contributed by atoms with Gasteiger partial charge in [-0.3, -0.25) is 65.8 Å². The number of aromatic hydroxyl groups is 2. The van der Waals surface area contributed by atoms with Crippen molar-refractivity contribution in [2.24, 2.45) is 20.0 Å². The second-order valence-corrected chi connectivity index (χ2v) is 31.3. The Kier molecular flexibility index (Phi) is 27.6. The van der Waals surface area contributed by atoms with Gasteiger partial charge in [0, 0.05) is 82.4 Å². The minimum absolute atomic E-state index is 0.0148. The van der Waals surface area contributed by atoms with Crippen LogP contribution in [-0.4, -0.2) is 95.1 Å². The van der Waals surface area contributed by atoms with E-state index in [2.05, 4.69) is 83.8 Å². The number of carbonyl (C=O) groups excluding carboxylic acids is 2. The molecule has 6 aromatic heterocycles. The van der Waals surface area contributed by atoms with Crippen molar-refractivity contribution in [1.82, 2.24) is 45.7 Å². The Labute approximate surface area is 701 Å². The summed E-state index contributed by atoms with van der Waals surface area (Å²) in [5, 5.41) is 26.9. The highest BCUT2D eigenvalue weighted by molar-refractivity contribution is 9.11. The third-order valence-electron chi connectivity index (χ3n) is 19.4. The van der Waals surface area contributed by atoms with Gasteiger partial charge >= 0.3 is 34.7 Å². The van der Waals surface area contributed by atoms with Gasteiger partial charge in [-0.15, -0.1) is 0 Å². The summed E-state index contributed by atoms with van der Waals surface area (Å²) in [6.07, 6.45) is 6.81. The molecule has 0 unspecified atom stereocenters. The van der Waals surface area contributed by atoms with Crippen molar-refractivity contribution in [3.05, 3.63) is 303 Å². The topological polar surface area (TPSA) is 346 Å². The number of rotatable bonds is 16. The van der Waals surface area contributed by atoms with E-state index in [9.17, 15) is 67.7 Å². The Morgan fingerprint density at radius 3 is 1.15 bits per heavy atom. The number of para-hydroxylation sites is 2. The molecule has 33 heteroatoms. The molecule has 0 radical (unpaired) electrons. The van der Waals surface area contributed by atoms with Crippen LogP contribution in [0, 0.1) is 19.8 Å². The predicted octanol–water partition coefficient (Wildman–Crippen LogP) is 12.4. The fourth-order valence-electron chi connectivity index (χ4n) is 12.8. The zero-order chi connectivity index (χ0) is 84.5. The zero-order valence-electron chi connectivity index (χ0n) is 65.1. The minimum Gasteiger partial charge on any atom is -0.506 e. The maximum Gasteiger partial charge on any atom is 0.337 e. The standard InChI is InChI=1S/2C18H16BrN3O4.2C14H14BrN3O2.C12H10O.C8H14O4/c1-9-14(23)13-15(20(2)16(9)24)21(11-7-8-11)18(26)22(17(13)25)12-5-3-10(19)4-6-12;1-9-14(23)13-15(20(2)16(9)24)21(11-5-3-10(19)4-6-11)18(26)22(17(13)25)12-7-8-12;1-16-12-8-13(19)18(11-4-2-9(15)3-5-11)14(20)17(12)10-6-7-10;1-16-12-8-13(19)18(11-6-7-11)14(20)17(12)10-4-2-9(15)3-5-10;1-3-7-11(8-4-1)13-12-9-5-2-6-10-12;1-4-11-7(9)6(3)8(10)12-5-2/h3-6,11,23H,7-8H2,1-2H3;3-6,12,23H,7-8H2,1-2H3;2-5,8,10,16H,6-7H2,1H3;2-5,8,11,16H,6-7H2,1H3;1-10H;6H,4-5H2,1-3H3.